The third kappa shape index (κ3) is 6.59. The number of rotatable bonds is 9. The second-order valence-corrected chi connectivity index (χ2v) is 8.68. The molecule has 0 saturated heterocycles. The highest BCUT2D eigenvalue weighted by Gasteiger charge is 2.23. The smallest absolute Gasteiger partial charge is 0.191 e. The number of hydrogen-bond donors (Lipinski definition) is 2. The number of thioether (sulfide) groups is 1. The zero-order valence-corrected chi connectivity index (χ0v) is 22.6. The molecule has 1 fully saturated rings. The SMILES string of the molecule is CCNC(=NCc1c(C)nn(C)c1C)NCCCc1nnc(SC)n1C1CCCC1.I. The normalized spacial score (nSPS) is 14.7. The lowest BCUT2D eigenvalue weighted by molar-refractivity contribution is 0.460. The Hall–Kier alpha value is -1.30. The van der Waals surface area contributed by atoms with Crippen LogP contribution in [-0.4, -0.2) is 49.8 Å². The van der Waals surface area contributed by atoms with Crippen molar-refractivity contribution in [2.45, 2.75) is 77.0 Å². The van der Waals surface area contributed by atoms with E-state index in [1.165, 1.54) is 36.9 Å². The molecule has 0 unspecified atom stereocenters. The van der Waals surface area contributed by atoms with Crippen molar-refractivity contribution in [3.8, 4) is 0 Å². The van der Waals surface area contributed by atoms with E-state index >= 15 is 0 Å². The zero-order valence-electron chi connectivity index (χ0n) is 19.4. The summed E-state index contributed by atoms with van der Waals surface area (Å²) in [5.74, 6) is 1.97. The second-order valence-electron chi connectivity index (χ2n) is 7.91. The Kier molecular flexibility index (Phi) is 10.6. The number of nitrogens with zero attached hydrogens (tertiary/aromatic N) is 6. The highest BCUT2D eigenvalue weighted by Crippen LogP contribution is 2.33. The highest BCUT2D eigenvalue weighted by atomic mass is 127. The molecule has 1 aliphatic carbocycles. The third-order valence-electron chi connectivity index (χ3n) is 5.88. The fraction of sp³-hybridized carbons (Fsp3) is 0.714. The molecule has 2 aromatic heterocycles. The van der Waals surface area contributed by atoms with Crippen molar-refractivity contribution in [1.82, 2.24) is 35.2 Å². The molecule has 0 spiro atoms. The van der Waals surface area contributed by atoms with Gasteiger partial charge in [-0.2, -0.15) is 5.10 Å². The monoisotopic (exact) mass is 560 g/mol. The minimum atomic E-state index is 0. The van der Waals surface area contributed by atoms with Crippen LogP contribution in [0.2, 0.25) is 0 Å². The van der Waals surface area contributed by atoms with Gasteiger partial charge in [-0.1, -0.05) is 24.6 Å². The first-order valence-corrected chi connectivity index (χ1v) is 12.3. The van der Waals surface area contributed by atoms with Crippen LogP contribution in [0.25, 0.3) is 0 Å². The van der Waals surface area contributed by atoms with E-state index in [1.807, 2.05) is 18.7 Å². The summed E-state index contributed by atoms with van der Waals surface area (Å²) in [5.41, 5.74) is 3.41. The van der Waals surface area contributed by atoms with Crippen molar-refractivity contribution >= 4 is 41.7 Å². The van der Waals surface area contributed by atoms with Gasteiger partial charge in [0, 0.05) is 43.9 Å². The lowest BCUT2D eigenvalue weighted by atomic mass is 10.2. The molecule has 0 aromatic carbocycles. The molecule has 0 aliphatic heterocycles. The maximum absolute atomic E-state index is 4.77. The molecule has 0 bridgehead atoms. The first kappa shape index (κ1) is 26.0. The van der Waals surface area contributed by atoms with Gasteiger partial charge in [-0.15, -0.1) is 34.2 Å². The number of hydrogen-bond acceptors (Lipinski definition) is 5. The fourth-order valence-corrected chi connectivity index (χ4v) is 4.72. The van der Waals surface area contributed by atoms with E-state index in [1.54, 1.807) is 11.8 Å². The first-order valence-electron chi connectivity index (χ1n) is 11.0. The van der Waals surface area contributed by atoms with Crippen LogP contribution in [0.1, 0.15) is 67.8 Å². The first-order chi connectivity index (χ1) is 14.5. The molecule has 1 aliphatic rings. The molecule has 10 heteroatoms. The minimum absolute atomic E-state index is 0. The topological polar surface area (TPSA) is 84.9 Å². The maximum atomic E-state index is 4.77. The van der Waals surface area contributed by atoms with Crippen LogP contribution in [0.4, 0.5) is 0 Å². The molecule has 0 atom stereocenters. The average molecular weight is 561 g/mol. The molecular formula is C21H37IN8S. The van der Waals surface area contributed by atoms with E-state index in [-0.39, 0.29) is 24.0 Å². The summed E-state index contributed by atoms with van der Waals surface area (Å²) in [6, 6.07) is 0.579. The fourth-order valence-electron chi connectivity index (χ4n) is 4.15. The van der Waals surface area contributed by atoms with Gasteiger partial charge in [0.15, 0.2) is 11.1 Å². The summed E-state index contributed by atoms with van der Waals surface area (Å²) >= 11 is 1.70. The standard InChI is InChI=1S/C21H36N8S.HI/c1-6-22-20(24-14-18-15(2)27-28(4)16(18)3)23-13-9-12-19-25-26-21(30-5)29(19)17-10-7-8-11-17;/h17H,6-14H2,1-5H3,(H2,22,23,24);1H. The Morgan fingerprint density at radius 2 is 1.94 bits per heavy atom. The van der Waals surface area contributed by atoms with Crippen LogP contribution in [0.3, 0.4) is 0 Å². The van der Waals surface area contributed by atoms with Crippen molar-refractivity contribution in [3.63, 3.8) is 0 Å². The molecule has 2 aromatic rings. The average Bonchev–Trinajstić information content (AvgIpc) is 3.44. The molecule has 3 rings (SSSR count). The summed E-state index contributed by atoms with van der Waals surface area (Å²) in [5, 5.41) is 21.3. The number of aliphatic imine (C=N–C) groups is 1. The van der Waals surface area contributed by atoms with Crippen LogP contribution < -0.4 is 10.6 Å². The molecule has 0 radical (unpaired) electrons. The van der Waals surface area contributed by atoms with Crippen molar-refractivity contribution in [2.24, 2.45) is 12.0 Å². The molecule has 2 N–H and O–H groups in total. The summed E-state index contributed by atoms with van der Waals surface area (Å²) in [4.78, 5) is 4.77. The largest absolute Gasteiger partial charge is 0.357 e. The summed E-state index contributed by atoms with van der Waals surface area (Å²) in [6.07, 6.45) is 9.14. The maximum Gasteiger partial charge on any atom is 0.191 e. The van der Waals surface area contributed by atoms with Gasteiger partial charge in [-0.3, -0.25) is 4.68 Å². The van der Waals surface area contributed by atoms with Gasteiger partial charge in [-0.25, -0.2) is 4.99 Å². The number of aryl methyl sites for hydroxylation is 3. The number of halogens is 1. The van der Waals surface area contributed by atoms with Crippen molar-refractivity contribution in [1.29, 1.82) is 0 Å². The molecule has 0 amide bonds. The van der Waals surface area contributed by atoms with E-state index in [2.05, 4.69) is 50.6 Å². The van der Waals surface area contributed by atoms with Gasteiger partial charge in [0.05, 0.1) is 12.2 Å². The molecular weight excluding hydrogens is 523 g/mol. The third-order valence-corrected chi connectivity index (χ3v) is 6.52. The van der Waals surface area contributed by atoms with Gasteiger partial charge < -0.3 is 15.2 Å². The van der Waals surface area contributed by atoms with Crippen molar-refractivity contribution < 1.29 is 0 Å². The van der Waals surface area contributed by atoms with Crippen LogP contribution in [0, 0.1) is 13.8 Å². The molecule has 174 valence electrons. The Morgan fingerprint density at radius 1 is 1.19 bits per heavy atom. The quantitative estimate of drug-likeness (QED) is 0.160. The molecule has 1 saturated carbocycles. The highest BCUT2D eigenvalue weighted by molar-refractivity contribution is 14.0. The summed E-state index contributed by atoms with van der Waals surface area (Å²) in [7, 11) is 1.98. The number of nitrogens with one attached hydrogen (secondary N) is 2. The zero-order chi connectivity index (χ0) is 21.5. The predicted octanol–water partition coefficient (Wildman–Crippen LogP) is 3.77. The number of aromatic nitrogens is 5. The van der Waals surface area contributed by atoms with E-state index < -0.39 is 0 Å². The molecule has 31 heavy (non-hydrogen) atoms. The van der Waals surface area contributed by atoms with E-state index in [0.29, 0.717) is 12.6 Å². The lowest BCUT2D eigenvalue weighted by Gasteiger charge is -2.16. The Bertz CT molecular complexity index is 854. The van der Waals surface area contributed by atoms with E-state index in [4.69, 9.17) is 4.99 Å². The Morgan fingerprint density at radius 3 is 2.55 bits per heavy atom. The van der Waals surface area contributed by atoms with Crippen molar-refractivity contribution in [3.05, 3.63) is 22.8 Å². The van der Waals surface area contributed by atoms with E-state index in [9.17, 15) is 0 Å². The van der Waals surface area contributed by atoms with Crippen LogP contribution in [-0.2, 0) is 20.0 Å². The van der Waals surface area contributed by atoms with Gasteiger partial charge in [0.25, 0.3) is 0 Å². The molecule has 2 heterocycles. The summed E-state index contributed by atoms with van der Waals surface area (Å²) < 4.78 is 4.31. The minimum Gasteiger partial charge on any atom is -0.357 e. The van der Waals surface area contributed by atoms with Crippen LogP contribution in [0.15, 0.2) is 10.1 Å². The van der Waals surface area contributed by atoms with Gasteiger partial charge >= 0.3 is 0 Å². The van der Waals surface area contributed by atoms with Gasteiger partial charge in [0.2, 0.25) is 0 Å². The molecule has 8 nitrogen and oxygen atoms in total. The predicted molar refractivity (Wildman–Crippen MR) is 139 cm³/mol. The number of guanidine groups is 1. The summed E-state index contributed by atoms with van der Waals surface area (Å²) in [6.45, 7) is 8.54. The van der Waals surface area contributed by atoms with Crippen LogP contribution in [0.5, 0.6) is 0 Å². The van der Waals surface area contributed by atoms with Crippen LogP contribution >= 0.6 is 35.7 Å². The van der Waals surface area contributed by atoms with Gasteiger partial charge in [-0.05, 0) is 46.3 Å². The second kappa shape index (κ2) is 12.7. The Labute approximate surface area is 207 Å². The Balaban J connectivity index is 0.00000341. The van der Waals surface area contributed by atoms with E-state index in [0.717, 1.165) is 48.6 Å². The lowest BCUT2D eigenvalue weighted by Crippen LogP contribution is -2.38. The van der Waals surface area contributed by atoms with Gasteiger partial charge in [0.1, 0.15) is 5.82 Å². The van der Waals surface area contributed by atoms with Crippen molar-refractivity contribution in [2.75, 3.05) is 19.3 Å².